The van der Waals surface area contributed by atoms with Gasteiger partial charge in [0.05, 0.1) is 13.2 Å². The second kappa shape index (κ2) is 6.09. The van der Waals surface area contributed by atoms with E-state index >= 15 is 0 Å². The van der Waals surface area contributed by atoms with E-state index in [4.69, 9.17) is 14.2 Å². The van der Waals surface area contributed by atoms with Crippen molar-refractivity contribution in [2.24, 2.45) is 0 Å². The van der Waals surface area contributed by atoms with Gasteiger partial charge in [-0.15, -0.1) is 0 Å². The van der Waals surface area contributed by atoms with Crippen LogP contribution in [0.1, 0.15) is 43.1 Å². The number of aromatic hydroxyl groups is 1. The van der Waals surface area contributed by atoms with E-state index in [0.29, 0.717) is 12.2 Å². The molecule has 2 aromatic rings. The SMILES string of the molecule is COc1cc2c(c3c1C[C@H](O)[C@@H](c1ccc(O)cc1)O3)CCC(C)(C)O2. The van der Waals surface area contributed by atoms with Crippen molar-refractivity contribution in [3.05, 3.63) is 47.0 Å². The Morgan fingerprint density at radius 3 is 2.58 bits per heavy atom. The first-order valence-corrected chi connectivity index (χ1v) is 8.93. The van der Waals surface area contributed by atoms with Crippen molar-refractivity contribution in [1.82, 2.24) is 0 Å². The average molecular weight is 356 g/mol. The summed E-state index contributed by atoms with van der Waals surface area (Å²) in [7, 11) is 1.62. The van der Waals surface area contributed by atoms with Crippen LogP contribution in [0.25, 0.3) is 0 Å². The molecule has 0 aromatic heterocycles. The Kier molecular flexibility index (Phi) is 3.99. The zero-order valence-electron chi connectivity index (χ0n) is 15.3. The first-order chi connectivity index (χ1) is 12.4. The molecule has 0 bridgehead atoms. The molecule has 0 saturated heterocycles. The van der Waals surface area contributed by atoms with Crippen molar-refractivity contribution in [3.8, 4) is 23.0 Å². The zero-order valence-corrected chi connectivity index (χ0v) is 15.3. The van der Waals surface area contributed by atoms with Crippen LogP contribution in [0.3, 0.4) is 0 Å². The maximum Gasteiger partial charge on any atom is 0.150 e. The van der Waals surface area contributed by atoms with E-state index in [-0.39, 0.29) is 11.4 Å². The third-order valence-electron chi connectivity index (χ3n) is 5.22. The number of phenols is 1. The molecule has 2 heterocycles. The molecule has 0 radical (unpaired) electrons. The Morgan fingerprint density at radius 2 is 1.88 bits per heavy atom. The quantitative estimate of drug-likeness (QED) is 0.861. The molecule has 138 valence electrons. The van der Waals surface area contributed by atoms with Crippen molar-refractivity contribution in [3.63, 3.8) is 0 Å². The van der Waals surface area contributed by atoms with E-state index in [0.717, 1.165) is 41.0 Å². The smallest absolute Gasteiger partial charge is 0.150 e. The third kappa shape index (κ3) is 2.86. The Bertz CT molecular complexity index is 825. The number of hydrogen-bond acceptors (Lipinski definition) is 5. The highest BCUT2D eigenvalue weighted by atomic mass is 16.5. The second-order valence-electron chi connectivity index (χ2n) is 7.63. The number of aliphatic hydroxyl groups is 1. The van der Waals surface area contributed by atoms with Gasteiger partial charge in [-0.3, -0.25) is 0 Å². The predicted octanol–water partition coefficient (Wildman–Crippen LogP) is 3.54. The maximum absolute atomic E-state index is 10.7. The molecular weight excluding hydrogens is 332 g/mol. The zero-order chi connectivity index (χ0) is 18.5. The predicted molar refractivity (Wildman–Crippen MR) is 97.2 cm³/mol. The van der Waals surface area contributed by atoms with Crippen LogP contribution < -0.4 is 14.2 Å². The number of methoxy groups -OCH3 is 1. The number of benzene rings is 2. The molecule has 0 spiro atoms. The molecule has 5 nitrogen and oxygen atoms in total. The van der Waals surface area contributed by atoms with Crippen LogP contribution in [0.5, 0.6) is 23.0 Å². The summed E-state index contributed by atoms with van der Waals surface area (Å²) in [6, 6.07) is 8.67. The van der Waals surface area contributed by atoms with E-state index in [2.05, 4.69) is 13.8 Å². The van der Waals surface area contributed by atoms with E-state index in [1.807, 2.05) is 6.07 Å². The van der Waals surface area contributed by atoms with Crippen LogP contribution in [-0.2, 0) is 12.8 Å². The molecule has 0 saturated carbocycles. The molecule has 2 aliphatic rings. The van der Waals surface area contributed by atoms with Crippen LogP contribution in [-0.4, -0.2) is 29.0 Å². The number of aliphatic hydroxyl groups excluding tert-OH is 1. The van der Waals surface area contributed by atoms with Crippen LogP contribution in [0.4, 0.5) is 0 Å². The third-order valence-corrected chi connectivity index (χ3v) is 5.22. The van der Waals surface area contributed by atoms with E-state index in [9.17, 15) is 10.2 Å². The van der Waals surface area contributed by atoms with Gasteiger partial charge < -0.3 is 24.4 Å². The fourth-order valence-electron chi connectivity index (χ4n) is 3.80. The highest BCUT2D eigenvalue weighted by Gasteiger charge is 2.37. The molecule has 2 aromatic carbocycles. The van der Waals surface area contributed by atoms with Gasteiger partial charge in [-0.2, -0.15) is 0 Å². The lowest BCUT2D eigenvalue weighted by molar-refractivity contribution is 0.0166. The van der Waals surface area contributed by atoms with Gasteiger partial charge >= 0.3 is 0 Å². The number of fused-ring (bicyclic) bond motifs is 3. The van der Waals surface area contributed by atoms with Gasteiger partial charge in [0.1, 0.15) is 34.7 Å². The highest BCUT2D eigenvalue weighted by molar-refractivity contribution is 5.59. The standard InChI is InChI=1S/C21H24O5/c1-21(2)9-8-14-18(26-21)11-17(24-3)15-10-16(23)19(25-20(14)15)12-4-6-13(22)7-5-12/h4-7,11,16,19,22-23H,8-10H2,1-3H3/t16-,19+/m0/s1. The largest absolute Gasteiger partial charge is 0.508 e. The van der Waals surface area contributed by atoms with Crippen molar-refractivity contribution in [2.75, 3.05) is 7.11 Å². The molecular formula is C21H24O5. The highest BCUT2D eigenvalue weighted by Crippen LogP contribution is 2.49. The summed E-state index contributed by atoms with van der Waals surface area (Å²) >= 11 is 0. The minimum atomic E-state index is -0.694. The van der Waals surface area contributed by atoms with Gasteiger partial charge in [0.15, 0.2) is 0 Å². The minimum absolute atomic E-state index is 0.189. The van der Waals surface area contributed by atoms with Gasteiger partial charge in [-0.05, 0) is 44.4 Å². The fourth-order valence-corrected chi connectivity index (χ4v) is 3.80. The lowest BCUT2D eigenvalue weighted by Gasteiger charge is -2.38. The number of phenolic OH excluding ortho intramolecular Hbond substituents is 1. The molecule has 5 heteroatoms. The second-order valence-corrected chi connectivity index (χ2v) is 7.63. The van der Waals surface area contributed by atoms with Gasteiger partial charge in [-0.1, -0.05) is 12.1 Å². The summed E-state index contributed by atoms with van der Waals surface area (Å²) in [5.41, 5.74) is 2.53. The number of rotatable bonds is 2. The van der Waals surface area contributed by atoms with Crippen LogP contribution in [0.2, 0.25) is 0 Å². The van der Waals surface area contributed by atoms with Crippen molar-refractivity contribution in [2.45, 2.75) is 50.9 Å². The van der Waals surface area contributed by atoms with Crippen LogP contribution >= 0.6 is 0 Å². The summed E-state index contributed by atoms with van der Waals surface area (Å²) in [6.45, 7) is 4.15. The number of ether oxygens (including phenoxy) is 3. The lowest BCUT2D eigenvalue weighted by atomic mass is 9.88. The summed E-state index contributed by atoms with van der Waals surface area (Å²) in [4.78, 5) is 0. The first kappa shape index (κ1) is 17.0. The lowest BCUT2D eigenvalue weighted by Crippen LogP contribution is -2.35. The van der Waals surface area contributed by atoms with Gasteiger partial charge in [-0.25, -0.2) is 0 Å². The minimum Gasteiger partial charge on any atom is -0.508 e. The summed E-state index contributed by atoms with van der Waals surface area (Å²) in [6.07, 6.45) is 1.01. The van der Waals surface area contributed by atoms with E-state index in [1.165, 1.54) is 0 Å². The van der Waals surface area contributed by atoms with E-state index in [1.54, 1.807) is 31.4 Å². The summed E-state index contributed by atoms with van der Waals surface area (Å²) in [5.74, 6) is 2.42. The first-order valence-electron chi connectivity index (χ1n) is 8.93. The molecule has 0 aliphatic carbocycles. The Labute approximate surface area is 153 Å². The maximum atomic E-state index is 10.7. The Balaban J connectivity index is 1.78. The molecule has 2 aliphatic heterocycles. The average Bonchev–Trinajstić information content (AvgIpc) is 2.60. The molecule has 0 unspecified atom stereocenters. The molecule has 2 atom stereocenters. The van der Waals surface area contributed by atoms with Crippen molar-refractivity contribution in [1.29, 1.82) is 0 Å². The molecule has 0 amide bonds. The van der Waals surface area contributed by atoms with Gasteiger partial charge in [0.25, 0.3) is 0 Å². The number of hydrogen-bond donors (Lipinski definition) is 2. The normalized spacial score (nSPS) is 23.2. The monoisotopic (exact) mass is 356 g/mol. The van der Waals surface area contributed by atoms with Crippen LogP contribution in [0, 0.1) is 0 Å². The molecule has 26 heavy (non-hydrogen) atoms. The topological polar surface area (TPSA) is 68.2 Å². The fraction of sp³-hybridized carbons (Fsp3) is 0.429. The van der Waals surface area contributed by atoms with Gasteiger partial charge in [0, 0.05) is 23.6 Å². The van der Waals surface area contributed by atoms with E-state index < -0.39 is 12.2 Å². The molecule has 0 fully saturated rings. The molecule has 2 N–H and O–H groups in total. The Morgan fingerprint density at radius 1 is 1.15 bits per heavy atom. The van der Waals surface area contributed by atoms with Crippen molar-refractivity contribution >= 4 is 0 Å². The Hall–Kier alpha value is -2.40. The van der Waals surface area contributed by atoms with Crippen LogP contribution in [0.15, 0.2) is 30.3 Å². The molecule has 4 rings (SSSR count). The summed E-state index contributed by atoms with van der Waals surface area (Å²) in [5, 5.41) is 20.2. The summed E-state index contributed by atoms with van der Waals surface area (Å²) < 4.78 is 18.0. The van der Waals surface area contributed by atoms with Crippen molar-refractivity contribution < 1.29 is 24.4 Å². The van der Waals surface area contributed by atoms with Gasteiger partial charge in [0.2, 0.25) is 0 Å².